The number of halogens is 1. The first-order valence-corrected chi connectivity index (χ1v) is 6.25. The average Bonchev–Trinajstić information content (AvgIpc) is 3.01. The summed E-state index contributed by atoms with van der Waals surface area (Å²) in [5.74, 6) is 0.897. The van der Waals surface area contributed by atoms with Crippen LogP contribution in [0.5, 0.6) is 0 Å². The highest BCUT2D eigenvalue weighted by atomic mass is 35.5. The van der Waals surface area contributed by atoms with E-state index in [0.717, 1.165) is 31.2 Å². The first-order chi connectivity index (χ1) is 9.22. The molecule has 0 spiro atoms. The molecular formula is C12H17ClN6O. The van der Waals surface area contributed by atoms with E-state index in [9.17, 15) is 4.79 Å². The summed E-state index contributed by atoms with van der Waals surface area (Å²) in [4.78, 5) is 16.3. The molecule has 0 saturated carbocycles. The molecule has 0 bridgehead atoms. The van der Waals surface area contributed by atoms with Gasteiger partial charge in [0.25, 0.3) is 5.91 Å². The van der Waals surface area contributed by atoms with Gasteiger partial charge in [-0.05, 0) is 0 Å². The number of fused-ring (bicyclic) bond motifs is 1. The SMILES string of the molecule is Cl.Cn1cc(C(=O)NCc2cn3c(n2)CNCC3)cn1. The van der Waals surface area contributed by atoms with Gasteiger partial charge in [-0.3, -0.25) is 9.48 Å². The molecule has 3 rings (SSSR count). The molecule has 2 aromatic heterocycles. The van der Waals surface area contributed by atoms with Gasteiger partial charge in [0.2, 0.25) is 0 Å². The molecule has 3 heterocycles. The number of hydrogen-bond donors (Lipinski definition) is 2. The van der Waals surface area contributed by atoms with Gasteiger partial charge in [0.1, 0.15) is 5.82 Å². The minimum Gasteiger partial charge on any atom is -0.346 e. The third-order valence-electron chi connectivity index (χ3n) is 3.12. The van der Waals surface area contributed by atoms with Crippen molar-refractivity contribution < 1.29 is 4.79 Å². The Morgan fingerprint density at radius 2 is 2.35 bits per heavy atom. The summed E-state index contributed by atoms with van der Waals surface area (Å²) in [5.41, 5.74) is 1.45. The van der Waals surface area contributed by atoms with E-state index in [0.29, 0.717) is 12.1 Å². The summed E-state index contributed by atoms with van der Waals surface area (Å²) >= 11 is 0. The number of carbonyl (C=O) groups excluding carboxylic acids is 1. The van der Waals surface area contributed by atoms with Gasteiger partial charge in [-0.25, -0.2) is 4.98 Å². The van der Waals surface area contributed by atoms with Crippen molar-refractivity contribution in [2.75, 3.05) is 6.54 Å². The molecule has 0 radical (unpaired) electrons. The lowest BCUT2D eigenvalue weighted by Gasteiger charge is -2.13. The fourth-order valence-electron chi connectivity index (χ4n) is 2.14. The van der Waals surface area contributed by atoms with Crippen molar-refractivity contribution in [3.05, 3.63) is 35.7 Å². The third-order valence-corrected chi connectivity index (χ3v) is 3.12. The number of hydrogen-bond acceptors (Lipinski definition) is 4. The number of carbonyl (C=O) groups is 1. The van der Waals surface area contributed by atoms with Crippen molar-refractivity contribution in [1.29, 1.82) is 0 Å². The number of nitrogens with one attached hydrogen (secondary N) is 2. The van der Waals surface area contributed by atoms with Gasteiger partial charge in [0.05, 0.1) is 30.5 Å². The van der Waals surface area contributed by atoms with Gasteiger partial charge in [-0.15, -0.1) is 12.4 Å². The molecular weight excluding hydrogens is 280 g/mol. The Hall–Kier alpha value is -1.86. The summed E-state index contributed by atoms with van der Waals surface area (Å²) in [5, 5.41) is 10.1. The van der Waals surface area contributed by atoms with Gasteiger partial charge < -0.3 is 15.2 Å². The van der Waals surface area contributed by atoms with E-state index in [-0.39, 0.29) is 18.3 Å². The second-order valence-corrected chi connectivity index (χ2v) is 4.60. The maximum absolute atomic E-state index is 11.9. The van der Waals surface area contributed by atoms with Crippen LogP contribution in [0.2, 0.25) is 0 Å². The van der Waals surface area contributed by atoms with Crippen molar-refractivity contribution in [3.8, 4) is 0 Å². The minimum atomic E-state index is -0.128. The molecule has 0 unspecified atom stereocenters. The van der Waals surface area contributed by atoms with Crippen LogP contribution in [0.4, 0.5) is 0 Å². The van der Waals surface area contributed by atoms with E-state index in [1.165, 1.54) is 0 Å². The van der Waals surface area contributed by atoms with Crippen LogP contribution < -0.4 is 10.6 Å². The Bertz CT molecular complexity index is 581. The van der Waals surface area contributed by atoms with E-state index < -0.39 is 0 Å². The monoisotopic (exact) mass is 296 g/mol. The molecule has 8 heteroatoms. The quantitative estimate of drug-likeness (QED) is 0.840. The van der Waals surface area contributed by atoms with Crippen molar-refractivity contribution in [2.24, 2.45) is 7.05 Å². The Kier molecular flexibility index (Phi) is 4.41. The van der Waals surface area contributed by atoms with Crippen LogP contribution in [-0.4, -0.2) is 31.8 Å². The standard InChI is InChI=1S/C12H16N6O.ClH/c1-17-7-9(4-15-17)12(19)14-5-10-8-18-3-2-13-6-11(18)16-10;/h4,7-8,13H,2-3,5-6H2,1H3,(H,14,19);1H. The highest BCUT2D eigenvalue weighted by Crippen LogP contribution is 2.07. The molecule has 0 aromatic carbocycles. The number of aryl methyl sites for hydroxylation is 1. The summed E-state index contributed by atoms with van der Waals surface area (Å²) < 4.78 is 3.73. The first-order valence-electron chi connectivity index (χ1n) is 6.25. The number of amides is 1. The van der Waals surface area contributed by atoms with Crippen LogP contribution in [0.25, 0.3) is 0 Å². The molecule has 1 aliphatic heterocycles. The fourth-order valence-corrected chi connectivity index (χ4v) is 2.14. The van der Waals surface area contributed by atoms with Crippen molar-refractivity contribution >= 4 is 18.3 Å². The molecule has 0 fully saturated rings. The zero-order chi connectivity index (χ0) is 13.2. The number of imidazole rings is 1. The highest BCUT2D eigenvalue weighted by Gasteiger charge is 2.13. The highest BCUT2D eigenvalue weighted by molar-refractivity contribution is 5.93. The fraction of sp³-hybridized carbons (Fsp3) is 0.417. The minimum absolute atomic E-state index is 0. The zero-order valence-corrected chi connectivity index (χ0v) is 12.0. The van der Waals surface area contributed by atoms with Crippen LogP contribution in [0.15, 0.2) is 18.6 Å². The second kappa shape index (κ2) is 6.06. The smallest absolute Gasteiger partial charge is 0.254 e. The predicted molar refractivity (Wildman–Crippen MR) is 75.6 cm³/mol. The van der Waals surface area contributed by atoms with Crippen LogP contribution in [0.1, 0.15) is 21.9 Å². The third kappa shape index (κ3) is 3.00. The topological polar surface area (TPSA) is 76.8 Å². The summed E-state index contributed by atoms with van der Waals surface area (Å²) in [7, 11) is 1.78. The van der Waals surface area contributed by atoms with Gasteiger partial charge >= 0.3 is 0 Å². The number of aromatic nitrogens is 4. The Balaban J connectivity index is 0.00000147. The van der Waals surface area contributed by atoms with Crippen LogP contribution in [0.3, 0.4) is 0 Å². The lowest BCUT2D eigenvalue weighted by atomic mass is 10.3. The Morgan fingerprint density at radius 1 is 1.50 bits per heavy atom. The number of nitrogens with zero attached hydrogens (tertiary/aromatic N) is 4. The van der Waals surface area contributed by atoms with Crippen molar-refractivity contribution in [1.82, 2.24) is 30.0 Å². The summed E-state index contributed by atoms with van der Waals surface area (Å²) in [6.45, 7) is 3.12. The second-order valence-electron chi connectivity index (χ2n) is 4.60. The van der Waals surface area contributed by atoms with Crippen LogP contribution >= 0.6 is 12.4 Å². The summed E-state index contributed by atoms with van der Waals surface area (Å²) in [6.07, 6.45) is 5.24. The van der Waals surface area contributed by atoms with Crippen molar-refractivity contribution in [3.63, 3.8) is 0 Å². The van der Waals surface area contributed by atoms with E-state index in [2.05, 4.69) is 25.3 Å². The molecule has 2 N–H and O–H groups in total. The maximum atomic E-state index is 11.9. The lowest BCUT2D eigenvalue weighted by molar-refractivity contribution is 0.0950. The summed E-state index contributed by atoms with van der Waals surface area (Å²) in [6, 6.07) is 0. The van der Waals surface area contributed by atoms with Crippen LogP contribution in [0, 0.1) is 0 Å². The average molecular weight is 297 g/mol. The largest absolute Gasteiger partial charge is 0.346 e. The van der Waals surface area contributed by atoms with E-state index in [1.807, 2.05) is 6.20 Å². The lowest BCUT2D eigenvalue weighted by Crippen LogP contribution is -2.27. The molecule has 1 aliphatic rings. The molecule has 7 nitrogen and oxygen atoms in total. The Labute approximate surface area is 122 Å². The maximum Gasteiger partial charge on any atom is 0.254 e. The first kappa shape index (κ1) is 14.5. The van der Waals surface area contributed by atoms with Gasteiger partial charge in [-0.1, -0.05) is 0 Å². The molecule has 108 valence electrons. The predicted octanol–water partition coefficient (Wildman–Crippen LogP) is 0.0716. The van der Waals surface area contributed by atoms with E-state index in [1.54, 1.807) is 24.1 Å². The molecule has 2 aromatic rings. The Morgan fingerprint density at radius 3 is 3.05 bits per heavy atom. The molecule has 20 heavy (non-hydrogen) atoms. The van der Waals surface area contributed by atoms with E-state index in [4.69, 9.17) is 0 Å². The zero-order valence-electron chi connectivity index (χ0n) is 11.2. The molecule has 0 atom stereocenters. The van der Waals surface area contributed by atoms with Gasteiger partial charge in [-0.2, -0.15) is 5.10 Å². The molecule has 0 aliphatic carbocycles. The number of rotatable bonds is 3. The molecule has 1 amide bonds. The van der Waals surface area contributed by atoms with Gasteiger partial charge in [0, 0.05) is 32.5 Å². The van der Waals surface area contributed by atoms with Gasteiger partial charge in [0.15, 0.2) is 0 Å². The normalized spacial score (nSPS) is 13.4. The molecule has 0 saturated heterocycles. The van der Waals surface area contributed by atoms with Crippen molar-refractivity contribution in [2.45, 2.75) is 19.6 Å². The van der Waals surface area contributed by atoms with Crippen LogP contribution in [-0.2, 0) is 26.7 Å². The van der Waals surface area contributed by atoms with E-state index >= 15 is 0 Å².